The van der Waals surface area contributed by atoms with Crippen LogP contribution in [0.15, 0.2) is 34.1 Å². The lowest BCUT2D eigenvalue weighted by Gasteiger charge is -2.43. The lowest BCUT2D eigenvalue weighted by Crippen LogP contribution is -2.47. The molecule has 1 aromatic carbocycles. The fourth-order valence-corrected chi connectivity index (χ4v) is 11.0. The number of imide groups is 1. The molecule has 4 heterocycles. The van der Waals surface area contributed by atoms with Crippen LogP contribution in [0.5, 0.6) is 0 Å². The van der Waals surface area contributed by atoms with Crippen molar-refractivity contribution < 1.29 is 19.1 Å². The van der Waals surface area contributed by atoms with Crippen molar-refractivity contribution >= 4 is 46.5 Å². The molecule has 2 saturated carbocycles. The Hall–Kier alpha value is -2.63. The van der Waals surface area contributed by atoms with Crippen LogP contribution in [-0.2, 0) is 19.1 Å². The minimum Gasteiger partial charge on any atom is -0.378 e. The molecule has 3 amide bonds. The lowest BCUT2D eigenvalue weighted by atomic mass is 9.68. The number of hydrogen-bond acceptors (Lipinski definition) is 8. The van der Waals surface area contributed by atoms with Gasteiger partial charge >= 0.3 is 4.87 Å². The molecule has 7 rings (SSSR count). The molecule has 3 aliphatic heterocycles. The maximum atomic E-state index is 13.8. The summed E-state index contributed by atoms with van der Waals surface area (Å²) in [6.45, 7) is 7.91. The summed E-state index contributed by atoms with van der Waals surface area (Å²) in [5.41, 5.74) is 2.33. The number of carbonyl (C=O) groups excluding carboxylic acids is 3. The van der Waals surface area contributed by atoms with Crippen molar-refractivity contribution in [3.05, 3.63) is 44.4 Å². The standard InChI is InChI=1S/C29H34N4O5S2/c1-3-31(4-2)16-7-5-15(6-8-16)20-21-17-13-18(24(21)39-26-25(20)40-29(37)30-26)23-22(17)27(35)33(28(23)36)14-19(34)32-9-11-38-12-10-32/h5-8,17-18,20-24H,3-4,9-14H2,1-2H3,(H,30,37)/t17?,18?,20-,21?,22?,23?,24?/m1/s1. The number of nitrogens with zero attached hydrogens (tertiary/aromatic N) is 3. The SMILES string of the molecule is CCN(CC)c1ccc([C@H]2c3sc(=O)[nH]c3SC3C4CC(C5C(=O)N(CC(=O)N6CCOCC6)C(=O)C45)C32)cc1. The molecule has 0 spiro atoms. The molecule has 0 radical (unpaired) electrons. The van der Waals surface area contributed by atoms with Crippen molar-refractivity contribution in [3.8, 4) is 0 Å². The number of thiazole rings is 1. The van der Waals surface area contributed by atoms with Crippen molar-refractivity contribution in [1.29, 1.82) is 0 Å². The van der Waals surface area contributed by atoms with E-state index in [2.05, 4.69) is 48.0 Å². The van der Waals surface area contributed by atoms with Gasteiger partial charge < -0.3 is 19.5 Å². The van der Waals surface area contributed by atoms with Crippen molar-refractivity contribution in [2.24, 2.45) is 29.6 Å². The zero-order valence-corrected chi connectivity index (χ0v) is 24.3. The number of aromatic nitrogens is 1. The lowest BCUT2D eigenvalue weighted by molar-refractivity contribution is -0.148. The number of benzene rings is 1. The summed E-state index contributed by atoms with van der Waals surface area (Å²) in [7, 11) is 0. The minimum absolute atomic E-state index is 0.00108. The second-order valence-corrected chi connectivity index (χ2v) is 13.7. The van der Waals surface area contributed by atoms with Gasteiger partial charge in [0.15, 0.2) is 0 Å². The molecule has 4 fully saturated rings. The van der Waals surface area contributed by atoms with Crippen LogP contribution in [-0.4, -0.2) is 83.7 Å². The van der Waals surface area contributed by atoms with Gasteiger partial charge in [0.25, 0.3) is 0 Å². The van der Waals surface area contributed by atoms with Gasteiger partial charge in [0, 0.05) is 47.9 Å². The smallest absolute Gasteiger partial charge is 0.305 e. The number of H-pyrrole nitrogens is 1. The third-order valence-corrected chi connectivity index (χ3v) is 12.4. The number of morpholine rings is 1. The van der Waals surface area contributed by atoms with E-state index in [1.54, 1.807) is 16.7 Å². The van der Waals surface area contributed by atoms with Gasteiger partial charge in [-0.15, -0.1) is 11.8 Å². The second kappa shape index (κ2) is 10.0. The number of rotatable bonds is 6. The molecule has 5 aliphatic rings. The minimum atomic E-state index is -0.383. The summed E-state index contributed by atoms with van der Waals surface area (Å²) in [4.78, 5) is 62.3. The first-order valence-electron chi connectivity index (χ1n) is 14.4. The first-order chi connectivity index (χ1) is 19.4. The van der Waals surface area contributed by atoms with Crippen LogP contribution in [0.4, 0.5) is 5.69 Å². The Kier molecular flexibility index (Phi) is 6.59. The highest BCUT2D eigenvalue weighted by atomic mass is 32.2. The predicted molar refractivity (Wildman–Crippen MR) is 153 cm³/mol. The Balaban J connectivity index is 1.20. The summed E-state index contributed by atoms with van der Waals surface area (Å²) in [5, 5.41) is 1.05. The van der Waals surface area contributed by atoms with Gasteiger partial charge in [-0.3, -0.25) is 24.1 Å². The van der Waals surface area contributed by atoms with Crippen LogP contribution in [0.3, 0.4) is 0 Å². The number of aromatic amines is 1. The highest BCUT2D eigenvalue weighted by Crippen LogP contribution is 2.68. The first kappa shape index (κ1) is 26.3. The molecule has 212 valence electrons. The number of nitrogens with one attached hydrogen (secondary N) is 1. The number of fused-ring (bicyclic) bond motifs is 9. The predicted octanol–water partition coefficient (Wildman–Crippen LogP) is 2.61. The van der Waals surface area contributed by atoms with E-state index in [1.165, 1.54) is 21.9 Å². The maximum absolute atomic E-state index is 13.8. The maximum Gasteiger partial charge on any atom is 0.305 e. The first-order valence-corrected chi connectivity index (χ1v) is 16.1. The molecule has 11 heteroatoms. The van der Waals surface area contributed by atoms with Crippen molar-refractivity contribution in [2.75, 3.05) is 50.8 Å². The van der Waals surface area contributed by atoms with E-state index in [0.717, 1.165) is 35.0 Å². The molecule has 2 aliphatic carbocycles. The van der Waals surface area contributed by atoms with Gasteiger partial charge in [-0.1, -0.05) is 23.5 Å². The topological polar surface area (TPSA) is 103 Å². The Labute approximate surface area is 241 Å². The summed E-state index contributed by atoms with van der Waals surface area (Å²) >= 11 is 2.97. The van der Waals surface area contributed by atoms with Gasteiger partial charge in [0.2, 0.25) is 17.7 Å². The van der Waals surface area contributed by atoms with Gasteiger partial charge in [0.05, 0.1) is 30.1 Å². The average Bonchev–Trinajstić information content (AvgIpc) is 3.70. The Morgan fingerprint density at radius 3 is 2.38 bits per heavy atom. The van der Waals surface area contributed by atoms with E-state index < -0.39 is 0 Å². The van der Waals surface area contributed by atoms with Gasteiger partial charge in [-0.2, -0.15) is 0 Å². The third-order valence-electron chi connectivity index (χ3n) is 9.85. The molecule has 2 bridgehead atoms. The Morgan fingerprint density at radius 1 is 1.02 bits per heavy atom. The van der Waals surface area contributed by atoms with E-state index in [9.17, 15) is 19.2 Å². The number of likely N-dealkylation sites (tertiary alicyclic amines) is 1. The van der Waals surface area contributed by atoms with E-state index in [-0.39, 0.29) is 69.9 Å². The van der Waals surface area contributed by atoms with Gasteiger partial charge in [0.1, 0.15) is 6.54 Å². The number of carbonyl (C=O) groups is 3. The molecule has 1 aromatic heterocycles. The molecule has 2 saturated heterocycles. The van der Waals surface area contributed by atoms with E-state index >= 15 is 0 Å². The number of hydrogen-bond donors (Lipinski definition) is 1. The molecule has 40 heavy (non-hydrogen) atoms. The van der Waals surface area contributed by atoms with Crippen LogP contribution < -0.4 is 9.77 Å². The molecule has 6 unspecified atom stereocenters. The molecular formula is C29H34N4O5S2. The fourth-order valence-electron chi connectivity index (χ4n) is 8.14. The quantitative estimate of drug-likeness (QED) is 0.523. The normalized spacial score (nSPS) is 32.3. The van der Waals surface area contributed by atoms with Crippen molar-refractivity contribution in [3.63, 3.8) is 0 Å². The monoisotopic (exact) mass is 582 g/mol. The fraction of sp³-hybridized carbons (Fsp3) is 0.586. The molecule has 9 nitrogen and oxygen atoms in total. The highest BCUT2D eigenvalue weighted by molar-refractivity contribution is 8.00. The van der Waals surface area contributed by atoms with Crippen molar-refractivity contribution in [1.82, 2.24) is 14.8 Å². The number of amides is 3. The summed E-state index contributed by atoms with van der Waals surface area (Å²) < 4.78 is 5.35. The summed E-state index contributed by atoms with van der Waals surface area (Å²) in [5.74, 6) is -1.06. The molecule has 2 aromatic rings. The Morgan fingerprint density at radius 2 is 1.70 bits per heavy atom. The van der Waals surface area contributed by atoms with Crippen LogP contribution in [0.25, 0.3) is 0 Å². The molecule has 1 N–H and O–H groups in total. The van der Waals surface area contributed by atoms with Crippen LogP contribution in [0, 0.1) is 29.6 Å². The second-order valence-electron chi connectivity index (χ2n) is 11.5. The Bertz CT molecular complexity index is 1400. The highest BCUT2D eigenvalue weighted by Gasteiger charge is 2.69. The number of ether oxygens (including phenoxy) is 1. The molecule has 7 atom stereocenters. The van der Waals surface area contributed by atoms with Crippen LogP contribution >= 0.6 is 23.1 Å². The van der Waals surface area contributed by atoms with Gasteiger partial charge in [-0.05, 0) is 55.7 Å². The zero-order chi connectivity index (χ0) is 27.7. The third kappa shape index (κ3) is 3.91. The van der Waals surface area contributed by atoms with E-state index in [4.69, 9.17) is 4.74 Å². The molecular weight excluding hydrogens is 548 g/mol. The summed E-state index contributed by atoms with van der Waals surface area (Å²) in [6.07, 6.45) is 0.841. The van der Waals surface area contributed by atoms with Gasteiger partial charge in [-0.25, -0.2) is 0 Å². The summed E-state index contributed by atoms with van der Waals surface area (Å²) in [6, 6.07) is 8.68. The van der Waals surface area contributed by atoms with Crippen molar-refractivity contribution in [2.45, 2.75) is 36.5 Å². The number of thioether (sulfide) groups is 1. The van der Waals surface area contributed by atoms with Crippen LogP contribution in [0.2, 0.25) is 0 Å². The van der Waals surface area contributed by atoms with Crippen LogP contribution in [0.1, 0.15) is 36.6 Å². The van der Waals surface area contributed by atoms with E-state index in [1.807, 2.05) is 0 Å². The zero-order valence-electron chi connectivity index (χ0n) is 22.7. The van der Waals surface area contributed by atoms with E-state index in [0.29, 0.717) is 26.3 Å². The average molecular weight is 583 g/mol. The number of anilines is 1. The largest absolute Gasteiger partial charge is 0.378 e.